The maximum atomic E-state index is 6.24. The van der Waals surface area contributed by atoms with Crippen molar-refractivity contribution in [3.8, 4) is 0 Å². The number of aromatic nitrogens is 1. The molecule has 6 aromatic rings. The maximum Gasteiger partial charge on any atom is 0.215 e. The molecule has 36 heavy (non-hydrogen) atoms. The van der Waals surface area contributed by atoms with Crippen molar-refractivity contribution in [2.75, 3.05) is 11.4 Å². The predicted octanol–water partition coefficient (Wildman–Crippen LogP) is 8.04. The first kappa shape index (κ1) is 20.5. The topological polar surface area (TPSA) is 33.7 Å². The molecule has 4 aromatic carbocycles. The molecule has 7 rings (SSSR count). The van der Waals surface area contributed by atoms with Crippen LogP contribution in [0.3, 0.4) is 0 Å². The lowest BCUT2D eigenvalue weighted by atomic mass is 10.1. The van der Waals surface area contributed by atoms with E-state index in [1.54, 1.807) is 0 Å². The number of hydrogen-bond acceptors (Lipinski definition) is 3. The third kappa shape index (κ3) is 3.05. The van der Waals surface area contributed by atoms with Gasteiger partial charge in [-0.2, -0.15) is 0 Å². The van der Waals surface area contributed by atoms with Gasteiger partial charge in [-0.15, -0.1) is 0 Å². The summed E-state index contributed by atoms with van der Waals surface area (Å²) in [7, 11) is 0. The van der Waals surface area contributed by atoms with E-state index in [0.717, 1.165) is 55.7 Å². The number of nitrogens with zero attached hydrogens (tertiary/aromatic N) is 3. The van der Waals surface area contributed by atoms with Gasteiger partial charge in [0.25, 0.3) is 0 Å². The van der Waals surface area contributed by atoms with E-state index in [1.807, 2.05) is 48.6 Å². The molecule has 1 aliphatic rings. The second kappa shape index (κ2) is 8.14. The van der Waals surface area contributed by atoms with Gasteiger partial charge in [0.15, 0.2) is 0 Å². The molecule has 0 saturated heterocycles. The molecular weight excluding hydrogens is 442 g/mol. The minimum absolute atomic E-state index is 0.557. The third-order valence-electron chi connectivity index (χ3n) is 6.75. The van der Waals surface area contributed by atoms with Crippen LogP contribution in [0, 0.1) is 0 Å². The van der Waals surface area contributed by atoms with Gasteiger partial charge in [-0.3, -0.25) is 9.47 Å². The van der Waals surface area contributed by atoms with E-state index < -0.39 is 0 Å². The first-order valence-corrected chi connectivity index (χ1v) is 12.1. The summed E-state index contributed by atoms with van der Waals surface area (Å²) < 4.78 is 8.50. The molecule has 0 saturated carbocycles. The number of anilines is 1. The van der Waals surface area contributed by atoms with E-state index >= 15 is 0 Å². The van der Waals surface area contributed by atoms with E-state index in [0.29, 0.717) is 6.54 Å². The van der Waals surface area contributed by atoms with Crippen LogP contribution in [0.5, 0.6) is 0 Å². The number of furan rings is 1. The molecule has 2 aromatic heterocycles. The minimum atomic E-state index is 0.557. The molecule has 0 bridgehead atoms. The van der Waals surface area contributed by atoms with Gasteiger partial charge in [0.1, 0.15) is 11.2 Å². The normalized spacial score (nSPS) is 17.7. The number of allylic oxidation sites excluding steroid dienone is 3. The van der Waals surface area contributed by atoms with Crippen molar-refractivity contribution in [1.82, 2.24) is 4.57 Å². The Morgan fingerprint density at radius 1 is 0.694 bits per heavy atom. The monoisotopic (exact) mass is 465 g/mol. The fourth-order valence-electron chi connectivity index (χ4n) is 5.23. The van der Waals surface area contributed by atoms with Crippen molar-refractivity contribution in [2.45, 2.75) is 0 Å². The van der Waals surface area contributed by atoms with Gasteiger partial charge in [0.2, 0.25) is 5.96 Å². The maximum absolute atomic E-state index is 6.24. The van der Waals surface area contributed by atoms with Gasteiger partial charge < -0.3 is 4.42 Å². The quantitative estimate of drug-likeness (QED) is 0.246. The molecule has 3 heterocycles. The van der Waals surface area contributed by atoms with Crippen LogP contribution < -0.4 is 4.90 Å². The molecular formula is C32H23N3O. The van der Waals surface area contributed by atoms with Crippen LogP contribution >= 0.6 is 0 Å². The van der Waals surface area contributed by atoms with Crippen LogP contribution in [0.4, 0.5) is 5.69 Å². The lowest BCUT2D eigenvalue weighted by Crippen LogP contribution is -2.35. The molecule has 4 nitrogen and oxygen atoms in total. The van der Waals surface area contributed by atoms with Gasteiger partial charge in [0.05, 0.1) is 17.6 Å². The fourth-order valence-corrected chi connectivity index (χ4v) is 5.23. The summed E-state index contributed by atoms with van der Waals surface area (Å²) in [5.74, 6) is 0.806. The molecule has 0 aliphatic carbocycles. The van der Waals surface area contributed by atoms with Crippen LogP contribution in [0.2, 0.25) is 0 Å². The van der Waals surface area contributed by atoms with Crippen molar-refractivity contribution in [1.29, 1.82) is 0 Å². The molecule has 172 valence electrons. The SMILES string of the molecule is C=C1/C=C\C=C/C/N=C(/n2c3ccccc3c3c4c(ccc32)oc2ccccc24)N1c1ccccc1. The minimum Gasteiger partial charge on any atom is -0.456 e. The van der Waals surface area contributed by atoms with E-state index in [-0.39, 0.29) is 0 Å². The molecule has 0 N–H and O–H groups in total. The van der Waals surface area contributed by atoms with Gasteiger partial charge in [0, 0.05) is 32.9 Å². The first-order chi connectivity index (χ1) is 17.8. The van der Waals surface area contributed by atoms with Crippen LogP contribution in [-0.2, 0) is 0 Å². The average molecular weight is 466 g/mol. The Morgan fingerprint density at radius 3 is 2.36 bits per heavy atom. The summed E-state index contributed by atoms with van der Waals surface area (Å²) in [5, 5.41) is 4.58. The first-order valence-electron chi connectivity index (χ1n) is 12.1. The molecule has 0 spiro atoms. The van der Waals surface area contributed by atoms with Gasteiger partial charge >= 0.3 is 0 Å². The van der Waals surface area contributed by atoms with Crippen molar-refractivity contribution in [3.05, 3.63) is 128 Å². The fraction of sp³-hybridized carbons (Fsp3) is 0.0312. The third-order valence-corrected chi connectivity index (χ3v) is 6.75. The summed E-state index contributed by atoms with van der Waals surface area (Å²) in [5.41, 5.74) is 5.80. The molecule has 4 heteroatoms. The zero-order valence-corrected chi connectivity index (χ0v) is 19.6. The summed E-state index contributed by atoms with van der Waals surface area (Å²) in [4.78, 5) is 7.25. The Bertz CT molecular complexity index is 1880. The Labute approximate surface area is 208 Å². The Kier molecular flexibility index (Phi) is 4.64. The molecule has 0 atom stereocenters. The van der Waals surface area contributed by atoms with Gasteiger partial charge in [-0.25, -0.2) is 4.99 Å². The van der Waals surface area contributed by atoms with E-state index in [1.165, 1.54) is 5.39 Å². The van der Waals surface area contributed by atoms with Crippen molar-refractivity contribution < 1.29 is 4.42 Å². The Morgan fingerprint density at radius 2 is 1.47 bits per heavy atom. The highest BCUT2D eigenvalue weighted by atomic mass is 16.3. The number of fused-ring (bicyclic) bond motifs is 7. The summed E-state index contributed by atoms with van der Waals surface area (Å²) in [6.45, 7) is 4.97. The average Bonchev–Trinajstić information content (AvgIpc) is 3.47. The highest BCUT2D eigenvalue weighted by Crippen LogP contribution is 2.40. The number of aliphatic imine (C=N–C) groups is 1. The lowest BCUT2D eigenvalue weighted by Gasteiger charge is -2.28. The van der Waals surface area contributed by atoms with Crippen LogP contribution in [0.15, 0.2) is 137 Å². The largest absolute Gasteiger partial charge is 0.456 e. The lowest BCUT2D eigenvalue weighted by molar-refractivity contribution is 0.669. The molecule has 1 aliphatic heterocycles. The predicted molar refractivity (Wildman–Crippen MR) is 151 cm³/mol. The number of para-hydroxylation sites is 3. The highest BCUT2D eigenvalue weighted by molar-refractivity contribution is 6.29. The highest BCUT2D eigenvalue weighted by Gasteiger charge is 2.24. The molecule has 0 unspecified atom stereocenters. The van der Waals surface area contributed by atoms with Crippen LogP contribution in [0.1, 0.15) is 0 Å². The summed E-state index contributed by atoms with van der Waals surface area (Å²) in [6.07, 6.45) is 8.13. The van der Waals surface area contributed by atoms with Crippen molar-refractivity contribution in [2.24, 2.45) is 4.99 Å². The zero-order valence-electron chi connectivity index (χ0n) is 19.6. The second-order valence-corrected chi connectivity index (χ2v) is 8.87. The van der Waals surface area contributed by atoms with Crippen LogP contribution in [-0.4, -0.2) is 17.1 Å². The summed E-state index contributed by atoms with van der Waals surface area (Å²) in [6, 6.07) is 31.3. The summed E-state index contributed by atoms with van der Waals surface area (Å²) >= 11 is 0. The Balaban J connectivity index is 1.62. The molecule has 0 amide bonds. The standard InChI is InChI=1S/C32H23N3O/c1-22-12-4-3-11-21-33-32(34(22)23-13-5-2-6-14-23)35-26-17-9-7-15-24(26)30-27(35)19-20-29-31(30)25-16-8-10-18-28(25)36-29/h2-20H,1,21H2/b11-3-,12-4-,33-32+. The van der Waals surface area contributed by atoms with Crippen molar-refractivity contribution >= 4 is 55.4 Å². The van der Waals surface area contributed by atoms with E-state index in [2.05, 4.69) is 82.8 Å². The van der Waals surface area contributed by atoms with Crippen LogP contribution in [0.25, 0.3) is 43.7 Å². The van der Waals surface area contributed by atoms with Gasteiger partial charge in [-0.1, -0.05) is 79.4 Å². The van der Waals surface area contributed by atoms with Crippen molar-refractivity contribution in [3.63, 3.8) is 0 Å². The molecule has 0 radical (unpaired) electrons. The smallest absolute Gasteiger partial charge is 0.215 e. The molecule has 0 fully saturated rings. The van der Waals surface area contributed by atoms with E-state index in [4.69, 9.17) is 9.41 Å². The van der Waals surface area contributed by atoms with Gasteiger partial charge in [-0.05, 0) is 42.5 Å². The Hall–Kier alpha value is -4.83. The number of hydrogen-bond donors (Lipinski definition) is 0. The number of benzene rings is 4. The number of rotatable bonds is 1. The zero-order chi connectivity index (χ0) is 24.1. The second-order valence-electron chi connectivity index (χ2n) is 8.87. The van der Waals surface area contributed by atoms with E-state index in [9.17, 15) is 0 Å².